The molecule has 2 unspecified atom stereocenters. The van der Waals surface area contributed by atoms with Crippen molar-refractivity contribution < 1.29 is 18.0 Å². The molecule has 32 heavy (non-hydrogen) atoms. The number of hydrogen-bond acceptors (Lipinski definition) is 5. The summed E-state index contributed by atoms with van der Waals surface area (Å²) in [6, 6.07) is 1.80. The van der Waals surface area contributed by atoms with Gasteiger partial charge < -0.3 is 14.8 Å². The lowest BCUT2D eigenvalue weighted by Crippen LogP contribution is -2.30. The highest BCUT2D eigenvalue weighted by Crippen LogP contribution is 2.38. The Morgan fingerprint density at radius 3 is 2.75 bits per heavy atom. The molecule has 1 amide bonds. The van der Waals surface area contributed by atoms with Gasteiger partial charge in [0.05, 0.1) is 11.1 Å². The molecule has 1 fully saturated rings. The lowest BCUT2D eigenvalue weighted by atomic mass is 10.1. The van der Waals surface area contributed by atoms with Gasteiger partial charge in [-0.15, -0.1) is 0 Å². The van der Waals surface area contributed by atoms with E-state index in [-0.39, 0.29) is 11.9 Å². The molecule has 3 rings (SSSR count). The molecule has 172 valence electrons. The van der Waals surface area contributed by atoms with Crippen LogP contribution in [0.4, 0.5) is 19.0 Å². The summed E-state index contributed by atoms with van der Waals surface area (Å²) in [6.45, 7) is 8.81. The van der Waals surface area contributed by atoms with E-state index in [9.17, 15) is 18.0 Å². The van der Waals surface area contributed by atoms with Crippen molar-refractivity contribution in [1.29, 1.82) is 0 Å². The third kappa shape index (κ3) is 5.00. The number of nitrogens with one attached hydrogen (secondary N) is 1. The van der Waals surface area contributed by atoms with Gasteiger partial charge in [-0.25, -0.2) is 9.97 Å². The number of hydrogen-bond donors (Lipinski definition) is 1. The minimum Gasteiger partial charge on any atom is -0.347 e. The van der Waals surface area contributed by atoms with Crippen molar-refractivity contribution in [3.8, 4) is 0 Å². The summed E-state index contributed by atoms with van der Waals surface area (Å²) in [5, 5.41) is 2.22. The van der Waals surface area contributed by atoms with Gasteiger partial charge in [-0.3, -0.25) is 9.79 Å². The lowest BCUT2D eigenvalue weighted by Gasteiger charge is -2.26. The zero-order valence-corrected chi connectivity index (χ0v) is 18.4. The van der Waals surface area contributed by atoms with Crippen LogP contribution in [0, 0.1) is 5.92 Å². The smallest absolute Gasteiger partial charge is 0.347 e. The van der Waals surface area contributed by atoms with E-state index >= 15 is 0 Å². The first kappa shape index (κ1) is 23.5. The first-order valence-corrected chi connectivity index (χ1v) is 10.3. The number of alkyl halides is 3. The monoisotopic (exact) mass is 448 g/mol. The quantitative estimate of drug-likeness (QED) is 0.623. The van der Waals surface area contributed by atoms with Gasteiger partial charge in [0.15, 0.2) is 0 Å². The summed E-state index contributed by atoms with van der Waals surface area (Å²) in [6.07, 6.45) is 4.43. The van der Waals surface area contributed by atoms with Gasteiger partial charge >= 0.3 is 12.1 Å². The number of aromatic nitrogens is 3. The fourth-order valence-electron chi connectivity index (χ4n) is 4.17. The standard InChI is InChI=1S/C22H27F3N6O/c1-5-30(18(11-26-4)14(2)3)12-15-6-7-16(10-15)31-9-8-17-19(27-13-28-20(17)31)29-21(32)22(23,24)25/h5,8-9,11,13,15-16H,1,6-7,10,12H2,2-4H3,(H,27,28,29,32)/b26-11-. The second kappa shape index (κ2) is 9.54. The summed E-state index contributed by atoms with van der Waals surface area (Å²) in [5.41, 5.74) is 2.67. The van der Waals surface area contributed by atoms with Crippen LogP contribution in [0.15, 0.2) is 47.6 Å². The number of allylic oxidation sites excluding steroid dienone is 2. The summed E-state index contributed by atoms with van der Waals surface area (Å²) in [5.74, 6) is -1.79. The SMILES string of the molecule is C=CN(CC1CCC(n2ccc3c(NC(=O)C(F)(F)F)ncnc32)C1)C(/C=N\C)=C(C)C. The van der Waals surface area contributed by atoms with E-state index in [1.807, 2.05) is 36.1 Å². The molecular formula is C22H27F3N6O. The van der Waals surface area contributed by atoms with Crippen molar-refractivity contribution in [1.82, 2.24) is 19.4 Å². The Hall–Kier alpha value is -3.17. The molecule has 7 nitrogen and oxygen atoms in total. The van der Waals surface area contributed by atoms with Crippen molar-refractivity contribution in [2.75, 3.05) is 18.9 Å². The molecule has 2 aromatic rings. The fraction of sp³-hybridized carbons (Fsp3) is 0.455. The van der Waals surface area contributed by atoms with E-state index in [1.165, 1.54) is 6.33 Å². The molecule has 10 heteroatoms. The molecule has 0 bridgehead atoms. The average molecular weight is 448 g/mol. The summed E-state index contributed by atoms with van der Waals surface area (Å²) in [7, 11) is 1.74. The van der Waals surface area contributed by atoms with Crippen molar-refractivity contribution >= 4 is 29.0 Å². The van der Waals surface area contributed by atoms with Crippen LogP contribution in [-0.4, -0.2) is 51.3 Å². The molecule has 1 aliphatic carbocycles. The molecule has 0 radical (unpaired) electrons. The van der Waals surface area contributed by atoms with Crippen LogP contribution >= 0.6 is 0 Å². The number of anilines is 1. The van der Waals surface area contributed by atoms with Crippen molar-refractivity contribution in [3.05, 3.63) is 42.6 Å². The van der Waals surface area contributed by atoms with Crippen molar-refractivity contribution in [3.63, 3.8) is 0 Å². The fourth-order valence-corrected chi connectivity index (χ4v) is 4.17. The van der Waals surface area contributed by atoms with Crippen LogP contribution in [0.5, 0.6) is 0 Å². The van der Waals surface area contributed by atoms with Gasteiger partial charge in [0.2, 0.25) is 0 Å². The number of rotatable bonds is 7. The van der Waals surface area contributed by atoms with Gasteiger partial charge in [0.1, 0.15) is 17.8 Å². The molecule has 1 aliphatic rings. The Kier molecular flexibility index (Phi) is 7.00. The van der Waals surface area contributed by atoms with E-state index in [2.05, 4.69) is 26.4 Å². The Labute approximate surface area is 184 Å². The molecule has 0 saturated heterocycles. The first-order chi connectivity index (χ1) is 15.2. The molecule has 2 heterocycles. The molecule has 2 atom stereocenters. The Morgan fingerprint density at radius 1 is 1.38 bits per heavy atom. The molecular weight excluding hydrogens is 421 g/mol. The van der Waals surface area contributed by atoms with E-state index < -0.39 is 12.1 Å². The third-order valence-electron chi connectivity index (χ3n) is 5.65. The predicted molar refractivity (Wildman–Crippen MR) is 118 cm³/mol. The maximum Gasteiger partial charge on any atom is 0.471 e. The van der Waals surface area contributed by atoms with Gasteiger partial charge in [0.25, 0.3) is 0 Å². The third-order valence-corrected chi connectivity index (χ3v) is 5.65. The minimum absolute atomic E-state index is 0.143. The summed E-state index contributed by atoms with van der Waals surface area (Å²) in [4.78, 5) is 25.7. The molecule has 0 spiro atoms. The van der Waals surface area contributed by atoms with Gasteiger partial charge in [0, 0.05) is 32.0 Å². The Balaban J connectivity index is 1.77. The van der Waals surface area contributed by atoms with E-state index in [4.69, 9.17) is 0 Å². The van der Waals surface area contributed by atoms with E-state index in [0.717, 1.165) is 37.1 Å². The second-order valence-electron chi connectivity index (χ2n) is 8.07. The number of carbonyl (C=O) groups excluding carboxylic acids is 1. The van der Waals surface area contributed by atoms with Gasteiger partial charge in [-0.1, -0.05) is 12.2 Å². The predicted octanol–water partition coefficient (Wildman–Crippen LogP) is 4.71. The number of halogens is 3. The van der Waals surface area contributed by atoms with Crippen LogP contribution in [0.1, 0.15) is 39.2 Å². The number of amides is 1. The van der Waals surface area contributed by atoms with Crippen LogP contribution in [0.2, 0.25) is 0 Å². The molecule has 0 aromatic carbocycles. The Morgan fingerprint density at radius 2 is 2.12 bits per heavy atom. The Bertz CT molecular complexity index is 1050. The highest BCUT2D eigenvalue weighted by Gasteiger charge is 2.39. The first-order valence-electron chi connectivity index (χ1n) is 10.3. The minimum atomic E-state index is -4.98. The van der Waals surface area contributed by atoms with E-state index in [0.29, 0.717) is 17.0 Å². The molecule has 2 aromatic heterocycles. The zero-order valence-electron chi connectivity index (χ0n) is 18.4. The number of aliphatic imine (C=N–C) groups is 1. The van der Waals surface area contributed by atoms with Crippen molar-refractivity contribution in [2.45, 2.75) is 45.3 Å². The highest BCUT2D eigenvalue weighted by molar-refractivity contribution is 6.00. The van der Waals surface area contributed by atoms with Crippen LogP contribution < -0.4 is 5.32 Å². The number of fused-ring (bicyclic) bond motifs is 1. The van der Waals surface area contributed by atoms with Gasteiger partial charge in [-0.2, -0.15) is 13.2 Å². The van der Waals surface area contributed by atoms with Gasteiger partial charge in [-0.05, 0) is 51.3 Å². The van der Waals surface area contributed by atoms with Crippen molar-refractivity contribution in [2.24, 2.45) is 10.9 Å². The second-order valence-corrected chi connectivity index (χ2v) is 8.07. The summed E-state index contributed by atoms with van der Waals surface area (Å²) < 4.78 is 39.9. The average Bonchev–Trinajstić information content (AvgIpc) is 3.36. The normalized spacial score (nSPS) is 18.8. The van der Waals surface area contributed by atoms with Crippen LogP contribution in [0.3, 0.4) is 0 Å². The molecule has 1 N–H and O–H groups in total. The van der Waals surface area contributed by atoms with E-state index in [1.54, 1.807) is 19.3 Å². The topological polar surface area (TPSA) is 75.4 Å². The molecule has 0 aliphatic heterocycles. The maximum absolute atomic E-state index is 12.6. The number of nitrogens with zero attached hydrogens (tertiary/aromatic N) is 5. The summed E-state index contributed by atoms with van der Waals surface area (Å²) >= 11 is 0. The largest absolute Gasteiger partial charge is 0.471 e. The number of carbonyl (C=O) groups is 1. The van der Waals surface area contributed by atoms with Crippen LogP contribution in [0.25, 0.3) is 11.0 Å². The highest BCUT2D eigenvalue weighted by atomic mass is 19.4. The zero-order chi connectivity index (χ0) is 23.5. The maximum atomic E-state index is 12.6. The molecule has 1 saturated carbocycles. The van der Waals surface area contributed by atoms with Crippen LogP contribution in [-0.2, 0) is 4.79 Å². The lowest BCUT2D eigenvalue weighted by molar-refractivity contribution is -0.167.